The minimum Gasteiger partial charge on any atom is -0.497 e. The van der Waals surface area contributed by atoms with Gasteiger partial charge in [0.05, 0.1) is 24.4 Å². The van der Waals surface area contributed by atoms with Crippen LogP contribution < -0.4 is 15.8 Å². The highest BCUT2D eigenvalue weighted by atomic mass is 16.5. The van der Waals surface area contributed by atoms with Crippen LogP contribution in [0.5, 0.6) is 5.75 Å². The van der Waals surface area contributed by atoms with E-state index in [1.54, 1.807) is 25.3 Å². The van der Waals surface area contributed by atoms with Crippen LogP contribution >= 0.6 is 0 Å². The molecule has 0 radical (unpaired) electrons. The van der Waals surface area contributed by atoms with E-state index in [0.29, 0.717) is 17.1 Å². The molecule has 0 saturated heterocycles. The molecule has 0 bridgehead atoms. The van der Waals surface area contributed by atoms with Gasteiger partial charge in [0.25, 0.3) is 0 Å². The summed E-state index contributed by atoms with van der Waals surface area (Å²) < 4.78 is 5.15. The maximum absolute atomic E-state index is 13.0. The first kappa shape index (κ1) is 16.6. The number of nitrogen functional groups attached to an aromatic ring is 1. The molecule has 126 valence electrons. The van der Waals surface area contributed by atoms with Gasteiger partial charge < -0.3 is 15.8 Å². The summed E-state index contributed by atoms with van der Waals surface area (Å²) in [6.45, 7) is 0. The Balaban J connectivity index is 1.93. The van der Waals surface area contributed by atoms with Gasteiger partial charge in [0, 0.05) is 6.07 Å². The van der Waals surface area contributed by atoms with E-state index >= 15 is 0 Å². The molecule has 0 heterocycles. The van der Waals surface area contributed by atoms with Crippen molar-refractivity contribution in [1.82, 2.24) is 0 Å². The lowest BCUT2D eigenvalue weighted by Crippen LogP contribution is -2.22. The first-order valence-corrected chi connectivity index (χ1v) is 8.03. The van der Waals surface area contributed by atoms with Crippen LogP contribution in [0.15, 0.2) is 78.9 Å². The monoisotopic (exact) mass is 332 g/mol. The minimum absolute atomic E-state index is 0.130. The number of rotatable bonds is 5. The molecule has 3 aromatic rings. The summed E-state index contributed by atoms with van der Waals surface area (Å²) in [6, 6.07) is 24.6. The third-order valence-electron chi connectivity index (χ3n) is 4.04. The second-order valence-corrected chi connectivity index (χ2v) is 5.70. The Morgan fingerprint density at radius 3 is 1.96 bits per heavy atom. The van der Waals surface area contributed by atoms with E-state index in [1.165, 1.54) is 0 Å². The van der Waals surface area contributed by atoms with Crippen molar-refractivity contribution in [3.8, 4) is 5.75 Å². The van der Waals surface area contributed by atoms with Gasteiger partial charge in [-0.05, 0) is 23.3 Å². The van der Waals surface area contributed by atoms with Crippen LogP contribution in [0.1, 0.15) is 17.0 Å². The number of hydrogen-bond donors (Lipinski definition) is 2. The van der Waals surface area contributed by atoms with Gasteiger partial charge in [0.15, 0.2) is 0 Å². The number of nitrogens with one attached hydrogen (secondary N) is 1. The molecule has 0 aromatic heterocycles. The smallest absolute Gasteiger partial charge is 0.236 e. The molecule has 0 aliphatic heterocycles. The van der Waals surface area contributed by atoms with Gasteiger partial charge in [-0.3, -0.25) is 4.79 Å². The SMILES string of the molecule is COc1ccc(NC(=O)C(c2ccccc2)c2ccccc2)c(N)c1. The highest BCUT2D eigenvalue weighted by Crippen LogP contribution is 2.29. The molecule has 0 atom stereocenters. The molecule has 25 heavy (non-hydrogen) atoms. The van der Waals surface area contributed by atoms with Crippen molar-refractivity contribution in [2.24, 2.45) is 0 Å². The molecular formula is C21H20N2O2. The molecule has 0 aliphatic rings. The van der Waals surface area contributed by atoms with E-state index in [0.717, 1.165) is 11.1 Å². The molecule has 0 fully saturated rings. The summed E-state index contributed by atoms with van der Waals surface area (Å²) in [7, 11) is 1.58. The van der Waals surface area contributed by atoms with Gasteiger partial charge in [0.1, 0.15) is 5.75 Å². The molecular weight excluding hydrogens is 312 g/mol. The summed E-state index contributed by atoms with van der Waals surface area (Å²) in [5, 5.41) is 2.94. The second-order valence-electron chi connectivity index (χ2n) is 5.70. The van der Waals surface area contributed by atoms with Crippen molar-refractivity contribution in [2.45, 2.75) is 5.92 Å². The standard InChI is InChI=1S/C21H20N2O2/c1-25-17-12-13-19(18(22)14-17)23-21(24)20(15-8-4-2-5-9-15)16-10-6-3-7-11-16/h2-14,20H,22H2,1H3,(H,23,24). The maximum atomic E-state index is 13.0. The molecule has 1 amide bonds. The Bertz CT molecular complexity index is 809. The van der Waals surface area contributed by atoms with Crippen LogP contribution in [0.4, 0.5) is 11.4 Å². The van der Waals surface area contributed by atoms with E-state index in [1.807, 2.05) is 60.7 Å². The van der Waals surface area contributed by atoms with E-state index in [9.17, 15) is 4.79 Å². The predicted octanol–water partition coefficient (Wildman–Crippen LogP) is 4.05. The number of carbonyl (C=O) groups excluding carboxylic acids is 1. The minimum atomic E-state index is -0.413. The molecule has 4 nitrogen and oxygen atoms in total. The molecule has 0 unspecified atom stereocenters. The van der Waals surface area contributed by atoms with Gasteiger partial charge in [0.2, 0.25) is 5.91 Å². The number of carbonyl (C=O) groups is 1. The zero-order chi connectivity index (χ0) is 17.6. The van der Waals surface area contributed by atoms with Crippen LogP contribution in [0.2, 0.25) is 0 Å². The van der Waals surface area contributed by atoms with Crippen molar-refractivity contribution in [3.05, 3.63) is 90.0 Å². The lowest BCUT2D eigenvalue weighted by Gasteiger charge is -2.19. The average Bonchev–Trinajstić information content (AvgIpc) is 2.65. The quantitative estimate of drug-likeness (QED) is 0.693. The predicted molar refractivity (Wildman–Crippen MR) is 101 cm³/mol. The van der Waals surface area contributed by atoms with Gasteiger partial charge in [-0.15, -0.1) is 0 Å². The number of methoxy groups -OCH3 is 1. The van der Waals surface area contributed by atoms with Gasteiger partial charge in [-0.2, -0.15) is 0 Å². The Morgan fingerprint density at radius 1 is 0.920 bits per heavy atom. The molecule has 3 aromatic carbocycles. The lowest BCUT2D eigenvalue weighted by molar-refractivity contribution is -0.116. The highest BCUT2D eigenvalue weighted by Gasteiger charge is 2.23. The van der Waals surface area contributed by atoms with Crippen LogP contribution in [0, 0.1) is 0 Å². The topological polar surface area (TPSA) is 64.3 Å². The zero-order valence-electron chi connectivity index (χ0n) is 14.0. The van der Waals surface area contributed by atoms with Gasteiger partial charge in [-0.25, -0.2) is 0 Å². The van der Waals surface area contributed by atoms with Crippen molar-refractivity contribution >= 4 is 17.3 Å². The fourth-order valence-electron chi connectivity index (χ4n) is 2.77. The fourth-order valence-corrected chi connectivity index (χ4v) is 2.77. The van der Waals surface area contributed by atoms with Gasteiger partial charge >= 0.3 is 0 Å². The molecule has 4 heteroatoms. The molecule has 0 aliphatic carbocycles. The third kappa shape index (κ3) is 3.80. The molecule has 0 saturated carbocycles. The largest absolute Gasteiger partial charge is 0.497 e. The summed E-state index contributed by atoms with van der Waals surface area (Å²) in [4.78, 5) is 13.0. The third-order valence-corrected chi connectivity index (χ3v) is 4.04. The van der Waals surface area contributed by atoms with Crippen LogP contribution in [0.25, 0.3) is 0 Å². The Labute approximate surface area is 147 Å². The molecule has 3 N–H and O–H groups in total. The normalized spacial score (nSPS) is 10.5. The van der Waals surface area contributed by atoms with Crippen LogP contribution in [-0.4, -0.2) is 13.0 Å². The Kier molecular flexibility index (Phi) is 5.00. The first-order valence-electron chi connectivity index (χ1n) is 8.03. The lowest BCUT2D eigenvalue weighted by atomic mass is 9.90. The highest BCUT2D eigenvalue weighted by molar-refractivity contribution is 6.00. The number of nitrogens with two attached hydrogens (primary N) is 1. The number of benzene rings is 3. The number of ether oxygens (including phenoxy) is 1. The average molecular weight is 332 g/mol. The second kappa shape index (κ2) is 7.53. The van der Waals surface area contributed by atoms with E-state index in [4.69, 9.17) is 10.5 Å². The fraction of sp³-hybridized carbons (Fsp3) is 0.0952. The number of anilines is 2. The summed E-state index contributed by atoms with van der Waals surface area (Å²) in [5.74, 6) is 0.108. The summed E-state index contributed by atoms with van der Waals surface area (Å²) in [5.41, 5.74) is 8.92. The summed E-state index contributed by atoms with van der Waals surface area (Å²) >= 11 is 0. The first-order chi connectivity index (χ1) is 12.2. The number of amides is 1. The maximum Gasteiger partial charge on any atom is 0.236 e. The van der Waals surface area contributed by atoms with Crippen molar-refractivity contribution in [3.63, 3.8) is 0 Å². The van der Waals surface area contributed by atoms with E-state index < -0.39 is 5.92 Å². The number of hydrogen-bond acceptors (Lipinski definition) is 3. The van der Waals surface area contributed by atoms with Crippen LogP contribution in [0.3, 0.4) is 0 Å². The molecule has 0 spiro atoms. The van der Waals surface area contributed by atoms with Crippen molar-refractivity contribution in [1.29, 1.82) is 0 Å². The van der Waals surface area contributed by atoms with E-state index in [-0.39, 0.29) is 5.91 Å². The zero-order valence-corrected chi connectivity index (χ0v) is 14.0. The Hall–Kier alpha value is -3.27. The summed E-state index contributed by atoms with van der Waals surface area (Å²) in [6.07, 6.45) is 0. The van der Waals surface area contributed by atoms with Crippen LogP contribution in [-0.2, 0) is 4.79 Å². The van der Waals surface area contributed by atoms with Gasteiger partial charge in [-0.1, -0.05) is 60.7 Å². The van der Waals surface area contributed by atoms with Crippen molar-refractivity contribution < 1.29 is 9.53 Å². The van der Waals surface area contributed by atoms with E-state index in [2.05, 4.69) is 5.32 Å². The van der Waals surface area contributed by atoms with Crippen molar-refractivity contribution in [2.75, 3.05) is 18.2 Å². The molecule has 3 rings (SSSR count). The Morgan fingerprint density at radius 2 is 1.48 bits per heavy atom.